The van der Waals surface area contributed by atoms with Crippen LogP contribution in [0.15, 0.2) is 35.7 Å². The molecule has 8 nitrogen and oxygen atoms in total. The van der Waals surface area contributed by atoms with E-state index in [0.29, 0.717) is 18.5 Å². The van der Waals surface area contributed by atoms with Gasteiger partial charge in [0.25, 0.3) is 5.91 Å². The number of thiazole rings is 1. The quantitative estimate of drug-likeness (QED) is 0.560. The fourth-order valence-electron chi connectivity index (χ4n) is 3.18. The first-order chi connectivity index (χ1) is 14.7. The lowest BCUT2D eigenvalue weighted by atomic mass is 10.1. The van der Waals surface area contributed by atoms with Gasteiger partial charge in [0.05, 0.1) is 10.7 Å². The number of ether oxygens (including phenoxy) is 1. The van der Waals surface area contributed by atoms with Crippen molar-refractivity contribution in [1.82, 2.24) is 20.2 Å². The molecule has 0 atom stereocenters. The molecule has 2 aromatic heterocycles. The number of carbonyl (C=O) groups excluding carboxylic acids is 1. The van der Waals surface area contributed by atoms with Crippen LogP contribution >= 0.6 is 11.3 Å². The van der Waals surface area contributed by atoms with Gasteiger partial charge in [-0.15, -0.1) is 16.4 Å². The van der Waals surface area contributed by atoms with Crippen molar-refractivity contribution < 1.29 is 9.53 Å². The topological polar surface area (TPSA) is 96.0 Å². The van der Waals surface area contributed by atoms with Gasteiger partial charge in [-0.2, -0.15) is 4.98 Å². The van der Waals surface area contributed by atoms with Crippen LogP contribution in [0, 0.1) is 6.92 Å². The molecule has 156 valence electrons. The van der Waals surface area contributed by atoms with Gasteiger partial charge in [0.2, 0.25) is 11.9 Å². The molecule has 3 heterocycles. The Morgan fingerprint density at radius 3 is 2.77 bits per heavy atom. The number of nitrogens with one attached hydrogen (secondary N) is 2. The number of carbonyl (C=O) groups is 1. The number of benzene rings is 1. The third-order valence-electron chi connectivity index (χ3n) is 4.71. The normalized spacial score (nSPS) is 14.2. The van der Waals surface area contributed by atoms with E-state index in [0.717, 1.165) is 47.9 Å². The molecule has 1 aromatic carbocycles. The van der Waals surface area contributed by atoms with Crippen LogP contribution in [0.2, 0.25) is 0 Å². The van der Waals surface area contributed by atoms with E-state index in [-0.39, 0.29) is 5.91 Å². The van der Waals surface area contributed by atoms with Crippen LogP contribution in [-0.2, 0) is 11.4 Å². The Balaban J connectivity index is 1.27. The van der Waals surface area contributed by atoms with Gasteiger partial charge in [-0.3, -0.25) is 10.1 Å². The van der Waals surface area contributed by atoms with Crippen molar-refractivity contribution >= 4 is 35.2 Å². The number of anilines is 2. The van der Waals surface area contributed by atoms with Crippen molar-refractivity contribution in [3.63, 3.8) is 0 Å². The molecule has 4 rings (SSSR count). The zero-order valence-electron chi connectivity index (χ0n) is 16.8. The zero-order valence-corrected chi connectivity index (χ0v) is 17.6. The molecular formula is C21H24N6O2S. The number of aromatic nitrogens is 4. The van der Waals surface area contributed by atoms with Gasteiger partial charge >= 0.3 is 0 Å². The Hall–Kier alpha value is -3.20. The summed E-state index contributed by atoms with van der Waals surface area (Å²) in [6.07, 6.45) is 6.75. The van der Waals surface area contributed by atoms with E-state index in [1.807, 2.05) is 36.6 Å². The number of aryl methyl sites for hydroxylation is 1. The third-order valence-corrected chi connectivity index (χ3v) is 5.54. The van der Waals surface area contributed by atoms with E-state index in [1.165, 1.54) is 12.5 Å². The van der Waals surface area contributed by atoms with Crippen LogP contribution in [0.5, 0.6) is 5.75 Å². The number of piperidine rings is 1. The average molecular weight is 425 g/mol. The van der Waals surface area contributed by atoms with E-state index in [4.69, 9.17) is 4.74 Å². The minimum Gasteiger partial charge on any atom is -0.487 e. The number of amides is 1. The second kappa shape index (κ2) is 9.53. The standard InChI is InChI=1S/C21H24N6O2S/c1-15-22-17(14-30-15)13-29-18-8-5-16(6-9-18)7-10-19(28)23-20-24-21(26-25-20)27-11-3-2-4-12-27/h5-10,14H,2-4,11-13H2,1H3,(H2,23,24,25,26,28)/b10-7+. The summed E-state index contributed by atoms with van der Waals surface area (Å²) in [7, 11) is 0. The molecule has 1 fully saturated rings. The van der Waals surface area contributed by atoms with Gasteiger partial charge in [0.15, 0.2) is 0 Å². The molecule has 0 unspecified atom stereocenters. The summed E-state index contributed by atoms with van der Waals surface area (Å²) in [5.74, 6) is 1.48. The van der Waals surface area contributed by atoms with E-state index >= 15 is 0 Å². The van der Waals surface area contributed by atoms with Crippen LogP contribution < -0.4 is 15.0 Å². The number of hydrogen-bond acceptors (Lipinski definition) is 7. The summed E-state index contributed by atoms with van der Waals surface area (Å²) in [6.45, 7) is 4.32. The van der Waals surface area contributed by atoms with Crippen LogP contribution in [0.3, 0.4) is 0 Å². The summed E-state index contributed by atoms with van der Waals surface area (Å²) < 4.78 is 5.73. The Bertz CT molecular complexity index is 1000. The lowest BCUT2D eigenvalue weighted by Crippen LogP contribution is -2.30. The van der Waals surface area contributed by atoms with E-state index in [1.54, 1.807) is 17.4 Å². The van der Waals surface area contributed by atoms with E-state index < -0.39 is 0 Å². The monoisotopic (exact) mass is 424 g/mol. The number of rotatable bonds is 7. The second-order valence-corrected chi connectivity index (χ2v) is 8.13. The highest BCUT2D eigenvalue weighted by Crippen LogP contribution is 2.17. The molecule has 0 aliphatic carbocycles. The molecule has 0 spiro atoms. The molecule has 3 aromatic rings. The van der Waals surface area contributed by atoms with Crippen molar-refractivity contribution in [3.05, 3.63) is 52.0 Å². The third kappa shape index (κ3) is 5.44. The number of H-pyrrole nitrogens is 1. The van der Waals surface area contributed by atoms with Gasteiger partial charge < -0.3 is 9.64 Å². The number of nitrogens with zero attached hydrogens (tertiary/aromatic N) is 4. The highest BCUT2D eigenvalue weighted by Gasteiger charge is 2.15. The highest BCUT2D eigenvalue weighted by atomic mass is 32.1. The Morgan fingerprint density at radius 1 is 1.23 bits per heavy atom. The van der Waals surface area contributed by atoms with Gasteiger partial charge in [0.1, 0.15) is 12.4 Å². The fraction of sp³-hybridized carbons (Fsp3) is 0.333. The van der Waals surface area contributed by atoms with Crippen LogP contribution in [-0.4, -0.2) is 39.2 Å². The molecular weight excluding hydrogens is 400 g/mol. The zero-order chi connectivity index (χ0) is 20.8. The molecule has 9 heteroatoms. The maximum atomic E-state index is 12.2. The van der Waals surface area contributed by atoms with E-state index in [9.17, 15) is 4.79 Å². The molecule has 1 aliphatic rings. The molecule has 1 aliphatic heterocycles. The molecule has 0 bridgehead atoms. The van der Waals surface area contributed by atoms with Gasteiger partial charge in [-0.25, -0.2) is 10.1 Å². The fourth-order valence-corrected chi connectivity index (χ4v) is 3.78. The lowest BCUT2D eigenvalue weighted by molar-refractivity contribution is -0.111. The van der Waals surface area contributed by atoms with Crippen molar-refractivity contribution in [2.24, 2.45) is 0 Å². The average Bonchev–Trinajstić information content (AvgIpc) is 3.41. The SMILES string of the molecule is Cc1nc(COc2ccc(/C=C/C(=O)Nc3nc(N4CCCCC4)n[nH]3)cc2)cs1. The van der Waals surface area contributed by atoms with Crippen LogP contribution in [0.1, 0.15) is 35.5 Å². The summed E-state index contributed by atoms with van der Waals surface area (Å²) in [6, 6.07) is 7.54. The van der Waals surface area contributed by atoms with E-state index in [2.05, 4.69) is 30.4 Å². The van der Waals surface area contributed by atoms with Crippen LogP contribution in [0.25, 0.3) is 6.08 Å². The van der Waals surface area contributed by atoms with Crippen LogP contribution in [0.4, 0.5) is 11.9 Å². The highest BCUT2D eigenvalue weighted by molar-refractivity contribution is 7.09. The number of aromatic amines is 1. The van der Waals surface area contributed by atoms with Crippen molar-refractivity contribution in [1.29, 1.82) is 0 Å². The first-order valence-corrected chi connectivity index (χ1v) is 10.8. The first-order valence-electron chi connectivity index (χ1n) is 9.96. The summed E-state index contributed by atoms with van der Waals surface area (Å²) in [4.78, 5) is 23.0. The van der Waals surface area contributed by atoms with Gasteiger partial charge in [-0.05, 0) is 50.0 Å². The second-order valence-electron chi connectivity index (χ2n) is 7.07. The number of hydrogen-bond donors (Lipinski definition) is 2. The minimum atomic E-state index is -0.268. The Morgan fingerprint density at radius 2 is 2.03 bits per heavy atom. The van der Waals surface area contributed by atoms with Gasteiger partial charge in [-0.1, -0.05) is 12.1 Å². The predicted octanol–water partition coefficient (Wildman–Crippen LogP) is 3.79. The molecule has 2 N–H and O–H groups in total. The minimum absolute atomic E-state index is 0.268. The molecule has 0 radical (unpaired) electrons. The molecule has 0 saturated carbocycles. The molecule has 1 saturated heterocycles. The van der Waals surface area contributed by atoms with Crippen molar-refractivity contribution in [2.75, 3.05) is 23.3 Å². The predicted molar refractivity (Wildman–Crippen MR) is 118 cm³/mol. The lowest BCUT2D eigenvalue weighted by Gasteiger charge is -2.24. The molecule has 30 heavy (non-hydrogen) atoms. The smallest absolute Gasteiger partial charge is 0.250 e. The largest absolute Gasteiger partial charge is 0.487 e. The maximum absolute atomic E-state index is 12.2. The summed E-state index contributed by atoms with van der Waals surface area (Å²) in [5.41, 5.74) is 1.82. The Kier molecular flexibility index (Phi) is 6.38. The maximum Gasteiger partial charge on any atom is 0.250 e. The summed E-state index contributed by atoms with van der Waals surface area (Å²) >= 11 is 1.61. The summed E-state index contributed by atoms with van der Waals surface area (Å²) in [5, 5.41) is 12.7. The molecule has 1 amide bonds. The van der Waals surface area contributed by atoms with Gasteiger partial charge in [0, 0.05) is 24.5 Å². The van der Waals surface area contributed by atoms with Crippen molar-refractivity contribution in [3.8, 4) is 5.75 Å². The Labute approximate surface area is 179 Å². The van der Waals surface area contributed by atoms with Crippen molar-refractivity contribution in [2.45, 2.75) is 32.8 Å². The first kappa shape index (κ1) is 20.1.